The molecule has 3 heterocycles. The van der Waals surface area contributed by atoms with Gasteiger partial charge in [-0.2, -0.15) is 0 Å². The van der Waals surface area contributed by atoms with E-state index >= 15 is 0 Å². The first-order valence-corrected chi connectivity index (χ1v) is 8.11. The molecule has 0 saturated carbocycles. The van der Waals surface area contributed by atoms with Crippen LogP contribution in [0.3, 0.4) is 0 Å². The van der Waals surface area contributed by atoms with Gasteiger partial charge in [0.25, 0.3) is 5.56 Å². The van der Waals surface area contributed by atoms with E-state index in [-0.39, 0.29) is 5.56 Å². The van der Waals surface area contributed by atoms with Crippen LogP contribution in [-0.2, 0) is 6.54 Å². The van der Waals surface area contributed by atoms with Gasteiger partial charge in [-0.05, 0) is 43.5 Å². The molecule has 0 amide bonds. The highest BCUT2D eigenvalue weighted by atomic mass is 16.1. The second-order valence-corrected chi connectivity index (χ2v) is 6.27. The van der Waals surface area contributed by atoms with Crippen LogP contribution in [0.15, 0.2) is 47.7 Å². The number of aromatic nitrogens is 3. The number of hydrogen-bond donors (Lipinski definition) is 2. The van der Waals surface area contributed by atoms with Crippen LogP contribution in [-0.4, -0.2) is 32.9 Å². The quantitative estimate of drug-likeness (QED) is 0.782. The van der Waals surface area contributed by atoms with Crippen molar-refractivity contribution >= 4 is 10.8 Å². The number of hydrogen-bond acceptors (Lipinski definition) is 3. The van der Waals surface area contributed by atoms with E-state index in [0.717, 1.165) is 48.9 Å². The number of H-pyrrole nitrogens is 2. The number of pyridine rings is 1. The molecule has 1 aliphatic heterocycles. The summed E-state index contributed by atoms with van der Waals surface area (Å²) in [5, 5.41) is 1.77. The van der Waals surface area contributed by atoms with Gasteiger partial charge in [-0.15, -0.1) is 0 Å². The maximum absolute atomic E-state index is 12.2. The van der Waals surface area contributed by atoms with Crippen molar-refractivity contribution in [1.29, 1.82) is 0 Å². The molecular formula is C18H20N4O. The fraction of sp³-hybridized carbons (Fsp3) is 0.333. The number of piperidine rings is 1. The second kappa shape index (κ2) is 6.01. The number of fused-ring (bicyclic) bond motifs is 1. The minimum absolute atomic E-state index is 0.00504. The van der Waals surface area contributed by atoms with Crippen LogP contribution in [0, 0.1) is 0 Å². The maximum Gasteiger partial charge on any atom is 0.256 e. The van der Waals surface area contributed by atoms with Crippen LogP contribution >= 0.6 is 0 Å². The Hall–Kier alpha value is -2.40. The number of benzene rings is 1. The topological polar surface area (TPSA) is 64.8 Å². The lowest BCUT2D eigenvalue weighted by Crippen LogP contribution is -2.33. The van der Waals surface area contributed by atoms with E-state index in [1.165, 1.54) is 5.69 Å². The van der Waals surface area contributed by atoms with Gasteiger partial charge in [0.2, 0.25) is 0 Å². The Balaban J connectivity index is 1.46. The van der Waals surface area contributed by atoms with Gasteiger partial charge in [-0.1, -0.05) is 18.2 Å². The van der Waals surface area contributed by atoms with E-state index in [1.54, 1.807) is 6.33 Å². The molecule has 1 saturated heterocycles. The molecule has 0 bridgehead atoms. The van der Waals surface area contributed by atoms with Gasteiger partial charge in [0.05, 0.1) is 6.33 Å². The van der Waals surface area contributed by atoms with Crippen molar-refractivity contribution in [2.75, 3.05) is 13.1 Å². The predicted octanol–water partition coefficient (Wildman–Crippen LogP) is 2.63. The van der Waals surface area contributed by atoms with Gasteiger partial charge in [-0.25, -0.2) is 4.98 Å². The molecule has 0 radical (unpaired) electrons. The summed E-state index contributed by atoms with van der Waals surface area (Å²) < 4.78 is 0. The first kappa shape index (κ1) is 14.2. The average molecular weight is 308 g/mol. The van der Waals surface area contributed by atoms with Crippen LogP contribution in [0.4, 0.5) is 0 Å². The summed E-state index contributed by atoms with van der Waals surface area (Å²) in [6.07, 6.45) is 5.93. The number of likely N-dealkylation sites (tertiary alicyclic amines) is 1. The SMILES string of the molecule is O=c1[nH]c(CN2CCC(c3cnc[nH]3)CC2)cc2ccccc12. The number of nitrogens with zero attached hydrogens (tertiary/aromatic N) is 2. The highest BCUT2D eigenvalue weighted by Gasteiger charge is 2.21. The molecule has 0 atom stereocenters. The van der Waals surface area contributed by atoms with E-state index in [9.17, 15) is 4.79 Å². The molecule has 1 aromatic carbocycles. The zero-order valence-electron chi connectivity index (χ0n) is 13.0. The molecule has 4 rings (SSSR count). The highest BCUT2D eigenvalue weighted by molar-refractivity contribution is 5.81. The standard InChI is InChI=1S/C18H20N4O/c23-18-16-4-2-1-3-14(16)9-15(21-18)11-22-7-5-13(6-8-22)17-10-19-12-20-17/h1-4,9-10,12-13H,5-8,11H2,(H,19,20)(H,21,23). The molecule has 1 aliphatic rings. The molecular weight excluding hydrogens is 288 g/mol. The van der Waals surface area contributed by atoms with Gasteiger partial charge < -0.3 is 9.97 Å². The van der Waals surface area contributed by atoms with Gasteiger partial charge in [-0.3, -0.25) is 9.69 Å². The molecule has 1 fully saturated rings. The van der Waals surface area contributed by atoms with E-state index in [4.69, 9.17) is 0 Å². The number of rotatable bonds is 3. The summed E-state index contributed by atoms with van der Waals surface area (Å²) in [5.74, 6) is 0.574. The van der Waals surface area contributed by atoms with Crippen LogP contribution in [0.5, 0.6) is 0 Å². The third-order valence-corrected chi connectivity index (χ3v) is 4.75. The van der Waals surface area contributed by atoms with Crippen LogP contribution in [0.1, 0.15) is 30.1 Å². The Morgan fingerprint density at radius 3 is 2.83 bits per heavy atom. The van der Waals surface area contributed by atoms with Crippen molar-refractivity contribution in [3.63, 3.8) is 0 Å². The van der Waals surface area contributed by atoms with Crippen molar-refractivity contribution in [2.45, 2.75) is 25.3 Å². The molecule has 0 spiro atoms. The zero-order valence-corrected chi connectivity index (χ0v) is 13.0. The molecule has 23 heavy (non-hydrogen) atoms. The summed E-state index contributed by atoms with van der Waals surface area (Å²) in [6.45, 7) is 2.88. The lowest BCUT2D eigenvalue weighted by molar-refractivity contribution is 0.201. The summed E-state index contributed by atoms with van der Waals surface area (Å²) in [4.78, 5) is 24.9. The Kier molecular flexibility index (Phi) is 3.71. The first-order valence-electron chi connectivity index (χ1n) is 8.11. The number of imidazole rings is 1. The molecule has 5 nitrogen and oxygen atoms in total. The smallest absolute Gasteiger partial charge is 0.256 e. The summed E-state index contributed by atoms with van der Waals surface area (Å²) in [7, 11) is 0. The minimum atomic E-state index is 0.00504. The largest absolute Gasteiger partial charge is 0.348 e. The number of aromatic amines is 2. The zero-order chi connectivity index (χ0) is 15.6. The van der Waals surface area contributed by atoms with Crippen molar-refractivity contribution < 1.29 is 0 Å². The van der Waals surface area contributed by atoms with Crippen molar-refractivity contribution in [3.8, 4) is 0 Å². The monoisotopic (exact) mass is 308 g/mol. The van der Waals surface area contributed by atoms with Gasteiger partial charge in [0, 0.05) is 35.4 Å². The van der Waals surface area contributed by atoms with Gasteiger partial charge in [0.15, 0.2) is 0 Å². The molecule has 118 valence electrons. The van der Waals surface area contributed by atoms with Crippen molar-refractivity contribution in [1.82, 2.24) is 19.9 Å². The lowest BCUT2D eigenvalue weighted by atomic mass is 9.94. The normalized spacial score (nSPS) is 16.9. The summed E-state index contributed by atoms with van der Waals surface area (Å²) in [6, 6.07) is 9.84. The van der Waals surface area contributed by atoms with Crippen molar-refractivity contribution in [3.05, 3.63) is 64.6 Å². The van der Waals surface area contributed by atoms with Gasteiger partial charge in [0.1, 0.15) is 0 Å². The van der Waals surface area contributed by atoms with Crippen LogP contribution in [0.25, 0.3) is 10.8 Å². The van der Waals surface area contributed by atoms with E-state index in [1.807, 2.05) is 30.5 Å². The highest BCUT2D eigenvalue weighted by Crippen LogP contribution is 2.26. The third kappa shape index (κ3) is 2.92. The number of nitrogens with one attached hydrogen (secondary N) is 2. The molecule has 2 aromatic heterocycles. The molecule has 2 N–H and O–H groups in total. The van der Waals surface area contributed by atoms with E-state index in [0.29, 0.717) is 5.92 Å². The molecule has 5 heteroatoms. The summed E-state index contributed by atoms with van der Waals surface area (Å²) >= 11 is 0. The Morgan fingerprint density at radius 2 is 2.04 bits per heavy atom. The second-order valence-electron chi connectivity index (χ2n) is 6.27. The third-order valence-electron chi connectivity index (χ3n) is 4.75. The average Bonchev–Trinajstić information content (AvgIpc) is 3.10. The fourth-order valence-electron chi connectivity index (χ4n) is 3.48. The fourth-order valence-corrected chi connectivity index (χ4v) is 3.48. The molecule has 0 unspecified atom stereocenters. The lowest BCUT2D eigenvalue weighted by Gasteiger charge is -2.31. The van der Waals surface area contributed by atoms with Crippen molar-refractivity contribution in [2.24, 2.45) is 0 Å². The Morgan fingerprint density at radius 1 is 1.22 bits per heavy atom. The van der Waals surface area contributed by atoms with E-state index < -0.39 is 0 Å². The molecule has 3 aromatic rings. The Bertz CT molecular complexity index is 845. The van der Waals surface area contributed by atoms with Crippen LogP contribution < -0.4 is 5.56 Å². The Labute approximate surface area is 134 Å². The first-order chi connectivity index (χ1) is 11.3. The van der Waals surface area contributed by atoms with Gasteiger partial charge >= 0.3 is 0 Å². The predicted molar refractivity (Wildman–Crippen MR) is 90.4 cm³/mol. The summed E-state index contributed by atoms with van der Waals surface area (Å²) in [5.41, 5.74) is 2.24. The molecule has 0 aliphatic carbocycles. The minimum Gasteiger partial charge on any atom is -0.348 e. The van der Waals surface area contributed by atoms with E-state index in [2.05, 4.69) is 25.9 Å². The maximum atomic E-state index is 12.2. The van der Waals surface area contributed by atoms with Crippen LogP contribution in [0.2, 0.25) is 0 Å².